The van der Waals surface area contributed by atoms with Crippen molar-refractivity contribution in [1.82, 2.24) is 9.55 Å². The summed E-state index contributed by atoms with van der Waals surface area (Å²) < 4.78 is 7.78. The van der Waals surface area contributed by atoms with Gasteiger partial charge in [0.2, 0.25) is 0 Å². The third-order valence-electron chi connectivity index (χ3n) is 2.99. The highest BCUT2D eigenvalue weighted by molar-refractivity contribution is 5.38. The van der Waals surface area contributed by atoms with E-state index in [0.29, 0.717) is 6.61 Å². The standard InChI is InChI=1S/C15H20N2O2/c1-12-4-5-15(14(10-12)13(2)18)19-9-3-7-17-8-6-16-11-17/h4-6,8,10-11,13,18H,3,7,9H2,1-2H3. The third-order valence-corrected chi connectivity index (χ3v) is 2.99. The van der Waals surface area contributed by atoms with Crippen LogP contribution in [0.5, 0.6) is 5.75 Å². The van der Waals surface area contributed by atoms with Crippen molar-refractivity contribution in [3.05, 3.63) is 48.0 Å². The first-order valence-electron chi connectivity index (χ1n) is 6.54. The van der Waals surface area contributed by atoms with Gasteiger partial charge in [0.15, 0.2) is 0 Å². The van der Waals surface area contributed by atoms with Crippen LogP contribution in [-0.4, -0.2) is 21.3 Å². The van der Waals surface area contributed by atoms with Gasteiger partial charge in [-0.3, -0.25) is 0 Å². The molecule has 0 radical (unpaired) electrons. The van der Waals surface area contributed by atoms with E-state index in [2.05, 4.69) is 4.98 Å². The highest BCUT2D eigenvalue weighted by Crippen LogP contribution is 2.26. The highest BCUT2D eigenvalue weighted by Gasteiger charge is 2.09. The van der Waals surface area contributed by atoms with Crippen LogP contribution in [0.25, 0.3) is 0 Å². The van der Waals surface area contributed by atoms with Gasteiger partial charge >= 0.3 is 0 Å². The van der Waals surface area contributed by atoms with Crippen LogP contribution in [0.15, 0.2) is 36.9 Å². The molecule has 2 aromatic rings. The van der Waals surface area contributed by atoms with E-state index in [1.54, 1.807) is 19.4 Å². The fraction of sp³-hybridized carbons (Fsp3) is 0.400. The zero-order valence-corrected chi connectivity index (χ0v) is 11.4. The van der Waals surface area contributed by atoms with Gasteiger partial charge in [0.1, 0.15) is 5.75 Å². The Labute approximate surface area is 113 Å². The maximum absolute atomic E-state index is 9.74. The van der Waals surface area contributed by atoms with Crippen molar-refractivity contribution in [2.45, 2.75) is 32.9 Å². The first kappa shape index (κ1) is 13.6. The van der Waals surface area contributed by atoms with Crippen molar-refractivity contribution in [2.75, 3.05) is 6.61 Å². The van der Waals surface area contributed by atoms with E-state index in [9.17, 15) is 5.11 Å². The second-order valence-corrected chi connectivity index (χ2v) is 4.72. The van der Waals surface area contributed by atoms with Crippen molar-refractivity contribution in [3.8, 4) is 5.75 Å². The van der Waals surface area contributed by atoms with Crippen LogP contribution in [-0.2, 0) is 6.54 Å². The van der Waals surface area contributed by atoms with Gasteiger partial charge in [0, 0.05) is 24.5 Å². The summed E-state index contributed by atoms with van der Waals surface area (Å²) in [6.07, 6.45) is 5.90. The Morgan fingerprint density at radius 2 is 2.26 bits per heavy atom. The molecule has 0 aliphatic heterocycles. The average Bonchev–Trinajstić information content (AvgIpc) is 2.89. The normalized spacial score (nSPS) is 12.4. The van der Waals surface area contributed by atoms with Crippen LogP contribution in [0, 0.1) is 6.92 Å². The summed E-state index contributed by atoms with van der Waals surface area (Å²) in [5.74, 6) is 0.770. The van der Waals surface area contributed by atoms with Gasteiger partial charge in [-0.25, -0.2) is 4.98 Å². The molecule has 1 aromatic heterocycles. The smallest absolute Gasteiger partial charge is 0.125 e. The average molecular weight is 260 g/mol. The SMILES string of the molecule is Cc1ccc(OCCCn2ccnc2)c(C(C)O)c1. The molecular formula is C15H20N2O2. The number of hydrogen-bond donors (Lipinski definition) is 1. The largest absolute Gasteiger partial charge is 0.493 e. The molecule has 1 unspecified atom stereocenters. The summed E-state index contributed by atoms with van der Waals surface area (Å²) in [5.41, 5.74) is 1.98. The number of ether oxygens (including phenoxy) is 1. The molecule has 4 nitrogen and oxygen atoms in total. The van der Waals surface area contributed by atoms with Gasteiger partial charge in [0.25, 0.3) is 0 Å². The van der Waals surface area contributed by atoms with E-state index in [1.807, 2.05) is 35.9 Å². The van der Waals surface area contributed by atoms with Gasteiger partial charge < -0.3 is 14.4 Å². The van der Waals surface area contributed by atoms with E-state index in [-0.39, 0.29) is 0 Å². The Morgan fingerprint density at radius 3 is 2.95 bits per heavy atom. The maximum Gasteiger partial charge on any atom is 0.125 e. The fourth-order valence-corrected chi connectivity index (χ4v) is 1.97. The Balaban J connectivity index is 1.88. The van der Waals surface area contributed by atoms with E-state index in [4.69, 9.17) is 4.74 Å². The van der Waals surface area contributed by atoms with E-state index >= 15 is 0 Å². The van der Waals surface area contributed by atoms with Gasteiger partial charge in [-0.1, -0.05) is 11.6 Å². The Morgan fingerprint density at radius 1 is 1.42 bits per heavy atom. The van der Waals surface area contributed by atoms with Crippen LogP contribution in [0.2, 0.25) is 0 Å². The first-order valence-corrected chi connectivity index (χ1v) is 6.54. The monoisotopic (exact) mass is 260 g/mol. The summed E-state index contributed by atoms with van der Waals surface area (Å²) in [7, 11) is 0. The fourth-order valence-electron chi connectivity index (χ4n) is 1.97. The molecule has 0 saturated carbocycles. The summed E-state index contributed by atoms with van der Waals surface area (Å²) in [4.78, 5) is 4.00. The molecule has 1 N–H and O–H groups in total. The third kappa shape index (κ3) is 3.83. The van der Waals surface area contributed by atoms with Crippen LogP contribution in [0.3, 0.4) is 0 Å². The number of rotatable bonds is 6. The number of aliphatic hydroxyl groups is 1. The van der Waals surface area contributed by atoms with Gasteiger partial charge in [0.05, 0.1) is 19.0 Å². The lowest BCUT2D eigenvalue weighted by molar-refractivity contribution is 0.190. The summed E-state index contributed by atoms with van der Waals surface area (Å²) in [6.45, 7) is 5.28. The lowest BCUT2D eigenvalue weighted by Crippen LogP contribution is -2.05. The summed E-state index contributed by atoms with van der Waals surface area (Å²) in [6, 6.07) is 5.89. The van der Waals surface area contributed by atoms with E-state index in [0.717, 1.165) is 29.8 Å². The molecule has 102 valence electrons. The minimum absolute atomic E-state index is 0.511. The minimum atomic E-state index is -0.511. The molecule has 0 fully saturated rings. The summed E-state index contributed by atoms with van der Waals surface area (Å²) >= 11 is 0. The minimum Gasteiger partial charge on any atom is -0.493 e. The second kappa shape index (κ2) is 6.38. The molecule has 0 amide bonds. The van der Waals surface area contributed by atoms with Crippen LogP contribution < -0.4 is 4.74 Å². The molecule has 1 heterocycles. The maximum atomic E-state index is 9.74. The topological polar surface area (TPSA) is 47.3 Å². The summed E-state index contributed by atoms with van der Waals surface area (Å²) in [5, 5.41) is 9.74. The van der Waals surface area contributed by atoms with Crippen molar-refractivity contribution in [3.63, 3.8) is 0 Å². The van der Waals surface area contributed by atoms with E-state index < -0.39 is 6.10 Å². The van der Waals surface area contributed by atoms with Crippen molar-refractivity contribution in [2.24, 2.45) is 0 Å². The molecule has 0 spiro atoms. The molecule has 1 atom stereocenters. The number of imidazole rings is 1. The number of hydrogen-bond acceptors (Lipinski definition) is 3. The van der Waals surface area contributed by atoms with Crippen LogP contribution >= 0.6 is 0 Å². The molecule has 19 heavy (non-hydrogen) atoms. The molecule has 0 saturated heterocycles. The lowest BCUT2D eigenvalue weighted by atomic mass is 10.1. The quantitative estimate of drug-likeness (QED) is 0.812. The molecule has 0 aliphatic carbocycles. The Hall–Kier alpha value is -1.81. The number of nitrogens with zero attached hydrogens (tertiary/aromatic N) is 2. The number of aromatic nitrogens is 2. The van der Waals surface area contributed by atoms with Crippen molar-refractivity contribution < 1.29 is 9.84 Å². The van der Waals surface area contributed by atoms with Crippen molar-refractivity contribution >= 4 is 0 Å². The molecule has 2 rings (SSSR count). The number of benzene rings is 1. The molecular weight excluding hydrogens is 240 g/mol. The van der Waals surface area contributed by atoms with Gasteiger partial charge in [-0.2, -0.15) is 0 Å². The number of aryl methyl sites for hydroxylation is 2. The van der Waals surface area contributed by atoms with Crippen molar-refractivity contribution in [1.29, 1.82) is 0 Å². The predicted molar refractivity (Wildman–Crippen MR) is 74.2 cm³/mol. The first-order chi connectivity index (χ1) is 9.16. The molecule has 0 bridgehead atoms. The van der Waals surface area contributed by atoms with E-state index in [1.165, 1.54) is 0 Å². The second-order valence-electron chi connectivity index (χ2n) is 4.72. The van der Waals surface area contributed by atoms with Gasteiger partial charge in [-0.05, 0) is 32.4 Å². The lowest BCUT2D eigenvalue weighted by Gasteiger charge is -2.14. The highest BCUT2D eigenvalue weighted by atomic mass is 16.5. The molecule has 4 heteroatoms. The Kier molecular flexibility index (Phi) is 4.58. The zero-order chi connectivity index (χ0) is 13.7. The van der Waals surface area contributed by atoms with Gasteiger partial charge in [-0.15, -0.1) is 0 Å². The Bertz CT molecular complexity index is 507. The van der Waals surface area contributed by atoms with Crippen LogP contribution in [0.1, 0.15) is 30.6 Å². The van der Waals surface area contributed by atoms with Crippen LogP contribution in [0.4, 0.5) is 0 Å². The molecule has 0 aliphatic rings. The zero-order valence-electron chi connectivity index (χ0n) is 11.4. The molecule has 1 aromatic carbocycles. The predicted octanol–water partition coefficient (Wildman–Crippen LogP) is 2.71. The number of aliphatic hydroxyl groups excluding tert-OH is 1.